The van der Waals surface area contributed by atoms with E-state index in [9.17, 15) is 24.0 Å². The van der Waals surface area contributed by atoms with Crippen molar-refractivity contribution in [3.05, 3.63) is 82.1 Å². The van der Waals surface area contributed by atoms with E-state index in [-0.39, 0.29) is 41.2 Å². The van der Waals surface area contributed by atoms with Gasteiger partial charge in [0.1, 0.15) is 22.8 Å². The molecule has 4 N–H and O–H groups in total. The molecule has 3 atom stereocenters. The van der Waals surface area contributed by atoms with Crippen molar-refractivity contribution in [3.63, 3.8) is 0 Å². The predicted molar refractivity (Wildman–Crippen MR) is 181 cm³/mol. The molecule has 3 aromatic rings. The number of carbonyl (C=O) groups is 5. The first kappa shape index (κ1) is 34.7. The lowest BCUT2D eigenvalue weighted by Crippen LogP contribution is -2.51. The second kappa shape index (κ2) is 16.4. The van der Waals surface area contributed by atoms with E-state index in [2.05, 4.69) is 31.2 Å². The van der Waals surface area contributed by atoms with Gasteiger partial charge < -0.3 is 26.2 Å². The highest BCUT2D eigenvalue weighted by atomic mass is 32.1. The van der Waals surface area contributed by atoms with Crippen LogP contribution in [0, 0.1) is 11.8 Å². The van der Waals surface area contributed by atoms with Crippen LogP contribution >= 0.6 is 11.3 Å². The van der Waals surface area contributed by atoms with E-state index in [0.29, 0.717) is 68.7 Å². The fourth-order valence-corrected chi connectivity index (χ4v) is 7.00. The molecule has 5 amide bonds. The molecule has 5 rings (SSSR count). The molecule has 1 aromatic carbocycles. The first-order valence-electron chi connectivity index (χ1n) is 16.6. The van der Waals surface area contributed by atoms with Crippen LogP contribution in [0.3, 0.4) is 0 Å². The largest absolute Gasteiger partial charge is 0.354 e. The summed E-state index contributed by atoms with van der Waals surface area (Å²) < 4.78 is 0. The molecule has 0 spiro atoms. The van der Waals surface area contributed by atoms with Crippen molar-refractivity contribution in [3.8, 4) is 0 Å². The lowest BCUT2D eigenvalue weighted by Gasteiger charge is -2.32. The highest BCUT2D eigenvalue weighted by Crippen LogP contribution is 2.26. The molecule has 254 valence electrons. The number of thiazole rings is 1. The first-order valence-corrected chi connectivity index (χ1v) is 17.5. The van der Waals surface area contributed by atoms with E-state index in [1.54, 1.807) is 34.8 Å². The van der Waals surface area contributed by atoms with Crippen LogP contribution < -0.4 is 21.3 Å². The van der Waals surface area contributed by atoms with Gasteiger partial charge in [0.2, 0.25) is 17.7 Å². The van der Waals surface area contributed by atoms with E-state index in [1.807, 2.05) is 44.2 Å². The van der Waals surface area contributed by atoms with Gasteiger partial charge in [0.15, 0.2) is 0 Å². The van der Waals surface area contributed by atoms with Gasteiger partial charge >= 0.3 is 0 Å². The summed E-state index contributed by atoms with van der Waals surface area (Å²) in [5.74, 6) is -1.78. The summed E-state index contributed by atoms with van der Waals surface area (Å²) in [5, 5.41) is 14.1. The highest BCUT2D eigenvalue weighted by Gasteiger charge is 2.33. The van der Waals surface area contributed by atoms with Crippen LogP contribution in [0.2, 0.25) is 0 Å². The Kier molecular flexibility index (Phi) is 11.9. The lowest BCUT2D eigenvalue weighted by atomic mass is 9.94. The maximum atomic E-state index is 13.7. The maximum Gasteiger partial charge on any atom is 0.271 e. The third kappa shape index (κ3) is 9.03. The van der Waals surface area contributed by atoms with E-state index < -0.39 is 24.0 Å². The zero-order valence-electron chi connectivity index (χ0n) is 27.3. The Labute approximate surface area is 284 Å². The zero-order valence-corrected chi connectivity index (χ0v) is 28.1. The minimum Gasteiger partial charge on any atom is -0.354 e. The van der Waals surface area contributed by atoms with E-state index >= 15 is 0 Å². The number of nitrogens with zero attached hydrogens (tertiary/aromatic N) is 3. The molecule has 1 saturated heterocycles. The summed E-state index contributed by atoms with van der Waals surface area (Å²) in [7, 11) is 0. The third-order valence-electron chi connectivity index (χ3n) is 8.82. The molecule has 0 aliphatic carbocycles. The SMILES string of the molecule is CC(C)[C@H]1NC(=O)[C@@H](NC(=O)C2CCN(C(=O)c3ccncc3)CC2)CCCCNC(=O)[C@@H](Cc2ccccc2)NC(=O)c2csc1n2. The number of nitrogens with one attached hydrogen (secondary N) is 4. The summed E-state index contributed by atoms with van der Waals surface area (Å²) in [4.78, 5) is 76.9. The van der Waals surface area contributed by atoms with Crippen molar-refractivity contribution in [2.24, 2.45) is 11.8 Å². The molecule has 13 heteroatoms. The minimum atomic E-state index is -0.799. The number of pyridine rings is 1. The van der Waals surface area contributed by atoms with Gasteiger partial charge in [-0.25, -0.2) is 4.98 Å². The van der Waals surface area contributed by atoms with Crippen LogP contribution in [0.1, 0.15) is 83.4 Å². The van der Waals surface area contributed by atoms with Gasteiger partial charge in [-0.05, 0) is 55.7 Å². The van der Waals surface area contributed by atoms with Crippen LogP contribution in [0.4, 0.5) is 0 Å². The second-order valence-corrected chi connectivity index (χ2v) is 13.6. The van der Waals surface area contributed by atoms with Crippen molar-refractivity contribution in [1.82, 2.24) is 36.1 Å². The Morgan fingerprint density at radius 2 is 1.69 bits per heavy atom. The Bertz CT molecular complexity index is 1570. The molecular weight excluding hydrogens is 630 g/mol. The summed E-state index contributed by atoms with van der Waals surface area (Å²) in [5.41, 5.74) is 1.65. The van der Waals surface area contributed by atoms with Crippen molar-refractivity contribution in [1.29, 1.82) is 0 Å². The van der Waals surface area contributed by atoms with Crippen molar-refractivity contribution in [2.45, 2.75) is 70.5 Å². The standard InChI is InChI=1S/C35H43N7O5S/c1-22(2)29-34-40-28(21-48-34)33(46)39-27(20-23-8-4-3-5-9-23)31(44)37-15-7-6-10-26(32(45)41-29)38-30(43)24-13-18-42(19-14-24)35(47)25-11-16-36-17-12-25/h3-5,8-9,11-12,16-17,21-22,24,26-27,29H,6-7,10,13-15,18-20H2,1-2H3,(H,37,44)(H,38,43)(H,39,46)(H,41,45)/t26-,27+,29+/m0/s1. The Morgan fingerprint density at radius 3 is 2.40 bits per heavy atom. The maximum absolute atomic E-state index is 13.7. The first-order chi connectivity index (χ1) is 23.2. The van der Waals surface area contributed by atoms with Gasteiger partial charge in [-0.15, -0.1) is 11.3 Å². The monoisotopic (exact) mass is 673 g/mol. The fraction of sp³-hybridized carbons (Fsp3) is 0.457. The van der Waals surface area contributed by atoms with E-state index in [4.69, 9.17) is 0 Å². The van der Waals surface area contributed by atoms with Gasteiger partial charge in [-0.1, -0.05) is 44.2 Å². The van der Waals surface area contributed by atoms with Crippen LogP contribution in [-0.4, -0.2) is 76.1 Å². The molecule has 0 unspecified atom stereocenters. The number of amides is 5. The number of aromatic nitrogens is 2. The topological polar surface area (TPSA) is 162 Å². The second-order valence-electron chi connectivity index (χ2n) is 12.7. The molecule has 2 bridgehead atoms. The van der Waals surface area contributed by atoms with Gasteiger partial charge in [0.25, 0.3) is 11.8 Å². The molecule has 0 radical (unpaired) electrons. The number of piperidine rings is 1. The normalized spacial score (nSPS) is 21.6. The van der Waals surface area contributed by atoms with E-state index in [1.165, 1.54) is 11.3 Å². The minimum absolute atomic E-state index is 0.0508. The Balaban J connectivity index is 1.27. The quantitative estimate of drug-likeness (QED) is 0.313. The number of benzene rings is 1. The number of hydrogen-bond acceptors (Lipinski definition) is 8. The van der Waals surface area contributed by atoms with E-state index in [0.717, 1.165) is 5.56 Å². The summed E-state index contributed by atoms with van der Waals surface area (Å²) in [6.07, 6.45) is 6.00. The zero-order chi connectivity index (χ0) is 34.0. The molecule has 2 aliphatic heterocycles. The molecule has 48 heavy (non-hydrogen) atoms. The van der Waals surface area contributed by atoms with Crippen molar-refractivity contribution in [2.75, 3.05) is 19.6 Å². The predicted octanol–water partition coefficient (Wildman–Crippen LogP) is 3.03. The van der Waals surface area contributed by atoms with Crippen LogP contribution in [0.25, 0.3) is 0 Å². The number of likely N-dealkylation sites (tertiary alicyclic amines) is 1. The van der Waals surface area contributed by atoms with Gasteiger partial charge in [-0.2, -0.15) is 0 Å². The molecular formula is C35H43N7O5S. The third-order valence-corrected chi connectivity index (χ3v) is 9.75. The van der Waals surface area contributed by atoms with Crippen LogP contribution in [0.5, 0.6) is 0 Å². The smallest absolute Gasteiger partial charge is 0.271 e. The Hall–Kier alpha value is -4.65. The van der Waals surface area contributed by atoms with Crippen LogP contribution in [-0.2, 0) is 20.8 Å². The summed E-state index contributed by atoms with van der Waals surface area (Å²) >= 11 is 1.27. The molecule has 4 heterocycles. The molecule has 1 fully saturated rings. The average Bonchev–Trinajstić information content (AvgIpc) is 3.59. The van der Waals surface area contributed by atoms with Gasteiger partial charge in [-0.3, -0.25) is 29.0 Å². The molecule has 2 aromatic heterocycles. The lowest BCUT2D eigenvalue weighted by molar-refractivity contribution is -0.132. The summed E-state index contributed by atoms with van der Waals surface area (Å²) in [6.45, 7) is 5.15. The summed E-state index contributed by atoms with van der Waals surface area (Å²) in [6, 6.07) is 10.8. The average molecular weight is 674 g/mol. The van der Waals surface area contributed by atoms with Crippen molar-refractivity contribution < 1.29 is 24.0 Å². The number of rotatable bonds is 6. The Morgan fingerprint density at radius 1 is 0.958 bits per heavy atom. The number of carbonyl (C=O) groups excluding carboxylic acids is 5. The van der Waals surface area contributed by atoms with Gasteiger partial charge in [0, 0.05) is 55.3 Å². The number of hydrogen-bond donors (Lipinski definition) is 4. The highest BCUT2D eigenvalue weighted by molar-refractivity contribution is 7.09. The molecule has 12 nitrogen and oxygen atoms in total. The molecule has 2 aliphatic rings. The van der Waals surface area contributed by atoms with Crippen molar-refractivity contribution >= 4 is 40.9 Å². The molecule has 0 saturated carbocycles. The van der Waals surface area contributed by atoms with Gasteiger partial charge in [0.05, 0.1) is 6.04 Å². The van der Waals surface area contributed by atoms with Crippen LogP contribution in [0.15, 0.2) is 60.2 Å². The number of fused-ring (bicyclic) bond motifs is 2. The fourth-order valence-electron chi connectivity index (χ4n) is 5.98.